The molecule has 4 N–H and O–H groups in total. The molecule has 0 bridgehead atoms. The Morgan fingerprint density at radius 1 is 1.27 bits per heavy atom. The van der Waals surface area contributed by atoms with E-state index in [0.717, 1.165) is 0 Å². The van der Waals surface area contributed by atoms with Crippen molar-refractivity contribution in [1.29, 1.82) is 0 Å². The predicted molar refractivity (Wildman–Crippen MR) is 36.8 cm³/mol. The summed E-state index contributed by atoms with van der Waals surface area (Å²) in [5.41, 5.74) is 0. The zero-order chi connectivity index (χ0) is 8.43. The van der Waals surface area contributed by atoms with Crippen LogP contribution in [0.4, 0.5) is 0 Å². The molecule has 5 heteroatoms. The van der Waals surface area contributed by atoms with Crippen LogP contribution < -0.4 is 5.32 Å². The highest BCUT2D eigenvalue weighted by Gasteiger charge is 2.40. The van der Waals surface area contributed by atoms with Gasteiger partial charge >= 0.3 is 0 Å². The summed E-state index contributed by atoms with van der Waals surface area (Å²) >= 11 is 0. The Labute approximate surface area is 64.6 Å². The van der Waals surface area contributed by atoms with E-state index in [0.29, 0.717) is 6.54 Å². The maximum atomic E-state index is 9.18. The summed E-state index contributed by atoms with van der Waals surface area (Å²) in [5.74, 6) is 0. The Morgan fingerprint density at radius 2 is 1.91 bits per heavy atom. The molecule has 1 aliphatic rings. The predicted octanol–water partition coefficient (Wildman–Crippen LogP) is -2.36. The molecule has 1 aliphatic heterocycles. The fourth-order valence-corrected chi connectivity index (χ4v) is 1.10. The van der Waals surface area contributed by atoms with Gasteiger partial charge in [-0.1, -0.05) is 0 Å². The summed E-state index contributed by atoms with van der Waals surface area (Å²) in [6.45, 7) is 0.412. The Hall–Kier alpha value is -0.200. The van der Waals surface area contributed by atoms with Crippen molar-refractivity contribution >= 4 is 0 Å². The van der Waals surface area contributed by atoms with Gasteiger partial charge < -0.3 is 25.4 Å². The van der Waals surface area contributed by atoms with Crippen LogP contribution in [-0.2, 0) is 4.74 Å². The molecule has 1 heterocycles. The number of nitrogens with one attached hydrogen (secondary N) is 1. The SMILES string of the molecule is CNC[C@H]1O[C@@H](O)[C@H](O)[C@@H]1O. The molecule has 0 amide bonds. The molecule has 4 atom stereocenters. The zero-order valence-electron chi connectivity index (χ0n) is 6.27. The van der Waals surface area contributed by atoms with Crippen molar-refractivity contribution in [3.05, 3.63) is 0 Å². The summed E-state index contributed by atoms with van der Waals surface area (Å²) < 4.78 is 4.82. The van der Waals surface area contributed by atoms with E-state index >= 15 is 0 Å². The lowest BCUT2D eigenvalue weighted by atomic mass is 10.1. The second-order valence-corrected chi connectivity index (χ2v) is 2.60. The van der Waals surface area contributed by atoms with Crippen molar-refractivity contribution in [2.24, 2.45) is 0 Å². The van der Waals surface area contributed by atoms with E-state index in [1.54, 1.807) is 7.05 Å². The average molecular weight is 163 g/mol. The van der Waals surface area contributed by atoms with Gasteiger partial charge in [-0.05, 0) is 7.05 Å². The van der Waals surface area contributed by atoms with Gasteiger partial charge in [-0.25, -0.2) is 0 Å². The lowest BCUT2D eigenvalue weighted by Crippen LogP contribution is -2.36. The third-order valence-electron chi connectivity index (χ3n) is 1.74. The summed E-state index contributed by atoms with van der Waals surface area (Å²) in [4.78, 5) is 0. The first-order valence-electron chi connectivity index (χ1n) is 3.51. The first-order chi connectivity index (χ1) is 5.16. The lowest BCUT2D eigenvalue weighted by molar-refractivity contribution is -0.126. The van der Waals surface area contributed by atoms with Crippen LogP contribution in [0.3, 0.4) is 0 Å². The van der Waals surface area contributed by atoms with E-state index in [9.17, 15) is 5.11 Å². The number of aliphatic hydroxyl groups is 3. The van der Waals surface area contributed by atoms with Crippen LogP contribution in [0.15, 0.2) is 0 Å². The molecular formula is C6H13NO4. The maximum absolute atomic E-state index is 9.18. The molecule has 0 aliphatic carbocycles. The van der Waals surface area contributed by atoms with E-state index < -0.39 is 24.6 Å². The Kier molecular flexibility index (Phi) is 2.80. The van der Waals surface area contributed by atoms with Gasteiger partial charge in [0.25, 0.3) is 0 Å². The van der Waals surface area contributed by atoms with Crippen LogP contribution in [0.2, 0.25) is 0 Å². The number of hydrogen-bond donors (Lipinski definition) is 4. The third-order valence-corrected chi connectivity index (χ3v) is 1.74. The maximum Gasteiger partial charge on any atom is 0.184 e. The Morgan fingerprint density at radius 3 is 2.27 bits per heavy atom. The van der Waals surface area contributed by atoms with Crippen molar-refractivity contribution < 1.29 is 20.1 Å². The molecule has 11 heavy (non-hydrogen) atoms. The zero-order valence-corrected chi connectivity index (χ0v) is 6.27. The monoisotopic (exact) mass is 163 g/mol. The summed E-state index contributed by atoms with van der Waals surface area (Å²) in [7, 11) is 1.70. The molecule has 0 aromatic heterocycles. The first kappa shape index (κ1) is 8.89. The standard InChI is InChI=1S/C6H13NO4/c1-7-2-3-4(8)5(9)6(10)11-3/h3-10H,2H2,1H3/t3-,4-,5-,6-/m1/s1. The van der Waals surface area contributed by atoms with Gasteiger partial charge in [0.05, 0.1) is 0 Å². The minimum absolute atomic E-state index is 0.412. The van der Waals surface area contributed by atoms with Gasteiger partial charge in [0, 0.05) is 6.54 Å². The van der Waals surface area contributed by atoms with Gasteiger partial charge in [-0.15, -0.1) is 0 Å². The van der Waals surface area contributed by atoms with Crippen LogP contribution in [0, 0.1) is 0 Å². The van der Waals surface area contributed by atoms with Crippen molar-refractivity contribution in [3.63, 3.8) is 0 Å². The lowest BCUT2D eigenvalue weighted by Gasteiger charge is -2.12. The van der Waals surface area contributed by atoms with Crippen LogP contribution in [0.1, 0.15) is 0 Å². The second-order valence-electron chi connectivity index (χ2n) is 2.60. The molecular weight excluding hydrogens is 150 g/mol. The summed E-state index contributed by atoms with van der Waals surface area (Å²) in [5, 5.41) is 29.9. The highest BCUT2D eigenvalue weighted by Crippen LogP contribution is 2.18. The molecule has 5 nitrogen and oxygen atoms in total. The second kappa shape index (κ2) is 3.46. The molecule has 0 spiro atoms. The number of aliphatic hydroxyl groups excluding tert-OH is 3. The molecule has 0 radical (unpaired) electrons. The number of ether oxygens (including phenoxy) is 1. The van der Waals surface area contributed by atoms with Crippen LogP contribution in [-0.4, -0.2) is 53.5 Å². The highest BCUT2D eigenvalue weighted by atomic mass is 16.6. The van der Waals surface area contributed by atoms with Gasteiger partial charge in [0.15, 0.2) is 6.29 Å². The summed E-state index contributed by atoms with van der Waals surface area (Å²) in [6.07, 6.45) is -3.97. The summed E-state index contributed by atoms with van der Waals surface area (Å²) in [6, 6.07) is 0. The number of likely N-dealkylation sites (N-methyl/N-ethyl adjacent to an activating group) is 1. The molecule has 0 saturated carbocycles. The van der Waals surface area contributed by atoms with Crippen LogP contribution >= 0.6 is 0 Å². The van der Waals surface area contributed by atoms with Crippen LogP contribution in [0.5, 0.6) is 0 Å². The Bertz CT molecular complexity index is 132. The molecule has 1 saturated heterocycles. The van der Waals surface area contributed by atoms with Crippen molar-refractivity contribution in [2.45, 2.75) is 24.6 Å². The van der Waals surface area contributed by atoms with E-state index in [-0.39, 0.29) is 0 Å². The van der Waals surface area contributed by atoms with E-state index in [1.807, 2.05) is 0 Å². The minimum Gasteiger partial charge on any atom is -0.387 e. The fourth-order valence-electron chi connectivity index (χ4n) is 1.10. The molecule has 66 valence electrons. The number of hydrogen-bond acceptors (Lipinski definition) is 5. The topological polar surface area (TPSA) is 82.0 Å². The first-order valence-corrected chi connectivity index (χ1v) is 3.51. The highest BCUT2D eigenvalue weighted by molar-refractivity contribution is 4.86. The van der Waals surface area contributed by atoms with Gasteiger partial charge in [0.1, 0.15) is 18.3 Å². The molecule has 0 aromatic rings. The van der Waals surface area contributed by atoms with E-state index in [2.05, 4.69) is 5.32 Å². The van der Waals surface area contributed by atoms with Gasteiger partial charge in [-0.3, -0.25) is 0 Å². The smallest absolute Gasteiger partial charge is 0.184 e. The molecule has 0 aromatic carbocycles. The van der Waals surface area contributed by atoms with Crippen LogP contribution in [0.25, 0.3) is 0 Å². The molecule has 0 unspecified atom stereocenters. The van der Waals surface area contributed by atoms with Gasteiger partial charge in [-0.2, -0.15) is 0 Å². The number of rotatable bonds is 2. The quantitative estimate of drug-likeness (QED) is 0.366. The molecule has 1 rings (SSSR count). The average Bonchev–Trinajstić information content (AvgIpc) is 2.19. The normalized spacial score (nSPS) is 44.7. The fraction of sp³-hybridized carbons (Fsp3) is 1.00. The van der Waals surface area contributed by atoms with Gasteiger partial charge in [0.2, 0.25) is 0 Å². The largest absolute Gasteiger partial charge is 0.387 e. The minimum atomic E-state index is -1.26. The molecule has 1 fully saturated rings. The third kappa shape index (κ3) is 1.69. The van der Waals surface area contributed by atoms with E-state index in [4.69, 9.17) is 14.9 Å². The van der Waals surface area contributed by atoms with E-state index in [1.165, 1.54) is 0 Å². The van der Waals surface area contributed by atoms with Crippen molar-refractivity contribution in [3.8, 4) is 0 Å². The Balaban J connectivity index is 2.45. The van der Waals surface area contributed by atoms with Crippen molar-refractivity contribution in [2.75, 3.05) is 13.6 Å². The van der Waals surface area contributed by atoms with Crippen molar-refractivity contribution in [1.82, 2.24) is 5.32 Å².